The van der Waals surface area contributed by atoms with Crippen molar-refractivity contribution >= 4 is 17.3 Å². The Hall–Kier alpha value is -3.54. The van der Waals surface area contributed by atoms with E-state index in [2.05, 4.69) is 15.3 Å². The van der Waals surface area contributed by atoms with Gasteiger partial charge in [0.15, 0.2) is 0 Å². The maximum Gasteiger partial charge on any atom is 0.274 e. The number of halogens is 3. The van der Waals surface area contributed by atoms with E-state index in [4.69, 9.17) is 5.73 Å². The first-order valence-electron chi connectivity index (χ1n) is 13.0. The molecule has 2 aliphatic carbocycles. The Bertz CT molecular complexity index is 1430. The van der Waals surface area contributed by atoms with Gasteiger partial charge in [0.25, 0.3) is 5.91 Å². The number of amides is 1. The molecule has 1 saturated carbocycles. The largest absolute Gasteiger partial charge is 0.391 e. The minimum Gasteiger partial charge on any atom is -0.391 e. The van der Waals surface area contributed by atoms with Crippen LogP contribution in [0.25, 0.3) is 11.3 Å². The lowest BCUT2D eigenvalue weighted by Crippen LogP contribution is -2.57. The molecule has 204 valence electrons. The Labute approximate surface area is 222 Å². The molecule has 6 rings (SSSR count). The van der Waals surface area contributed by atoms with E-state index in [9.17, 15) is 28.2 Å². The molecule has 1 amide bonds. The second kappa shape index (κ2) is 9.89. The van der Waals surface area contributed by atoms with Gasteiger partial charge in [-0.2, -0.15) is 0 Å². The second-order valence-corrected chi connectivity index (χ2v) is 10.6. The zero-order valence-corrected chi connectivity index (χ0v) is 20.9. The average Bonchev–Trinajstić information content (AvgIpc) is 3.68. The topological polar surface area (TPSA) is 125 Å². The Morgan fingerprint density at radius 2 is 1.77 bits per heavy atom. The predicted molar refractivity (Wildman–Crippen MR) is 137 cm³/mol. The molecule has 0 bridgehead atoms. The number of piperidine rings is 1. The van der Waals surface area contributed by atoms with Crippen LogP contribution in [0.4, 0.5) is 24.5 Å². The molecular weight excluding hydrogens is 511 g/mol. The summed E-state index contributed by atoms with van der Waals surface area (Å²) in [7, 11) is 0. The number of nitrogens with one attached hydrogen (secondary N) is 1. The first-order valence-corrected chi connectivity index (χ1v) is 13.0. The fourth-order valence-electron chi connectivity index (χ4n) is 5.87. The third kappa shape index (κ3) is 4.64. The highest BCUT2D eigenvalue weighted by molar-refractivity contribution is 6.05. The Morgan fingerprint density at radius 1 is 1.03 bits per heavy atom. The molecule has 1 saturated heterocycles. The fraction of sp³-hybridized carbons (Fsp3) is 0.393. The summed E-state index contributed by atoms with van der Waals surface area (Å²) in [5.41, 5.74) is 7.15. The number of hydrogen-bond acceptors (Lipinski definition) is 7. The molecule has 5 N–H and O–H groups in total. The first kappa shape index (κ1) is 25.7. The number of nitrogens with two attached hydrogens (primary N) is 1. The number of carbonyl (C=O) groups excluding carboxylic acids is 1. The number of aliphatic hydroxyl groups excluding tert-OH is 2. The van der Waals surface area contributed by atoms with Crippen LogP contribution in [0.2, 0.25) is 0 Å². The van der Waals surface area contributed by atoms with Crippen molar-refractivity contribution in [3.05, 3.63) is 70.9 Å². The lowest BCUT2D eigenvalue weighted by Gasteiger charge is -2.42. The zero-order chi connectivity index (χ0) is 27.4. The quantitative estimate of drug-likeness (QED) is 0.392. The third-order valence-electron chi connectivity index (χ3n) is 7.98. The van der Waals surface area contributed by atoms with Crippen LogP contribution in [0.15, 0.2) is 36.5 Å². The summed E-state index contributed by atoms with van der Waals surface area (Å²) < 4.78 is 43.3. The van der Waals surface area contributed by atoms with E-state index in [-0.39, 0.29) is 11.6 Å². The summed E-state index contributed by atoms with van der Waals surface area (Å²) in [4.78, 5) is 23.7. The van der Waals surface area contributed by atoms with Gasteiger partial charge in [0.05, 0.1) is 41.0 Å². The van der Waals surface area contributed by atoms with E-state index in [1.54, 1.807) is 0 Å². The van der Waals surface area contributed by atoms with Crippen molar-refractivity contribution in [1.82, 2.24) is 9.97 Å². The Morgan fingerprint density at radius 3 is 2.49 bits per heavy atom. The van der Waals surface area contributed by atoms with Gasteiger partial charge >= 0.3 is 0 Å². The SMILES string of the molecule is NC1CN(c2c(NC(=O)c3ccc(F)c(-c4c(F)cccc4F)n3)cnc3c2CCC3O)CC(C2CC2)C1O. The minimum absolute atomic E-state index is 0.0237. The van der Waals surface area contributed by atoms with Crippen molar-refractivity contribution in [2.45, 2.75) is 43.9 Å². The van der Waals surface area contributed by atoms with E-state index in [0.29, 0.717) is 48.9 Å². The second-order valence-electron chi connectivity index (χ2n) is 10.6. The third-order valence-corrected chi connectivity index (χ3v) is 7.98. The van der Waals surface area contributed by atoms with Gasteiger partial charge in [0.1, 0.15) is 28.8 Å². The van der Waals surface area contributed by atoms with E-state index in [1.807, 2.05) is 4.90 Å². The number of pyridine rings is 2. The molecule has 3 aliphatic rings. The Kier molecular flexibility index (Phi) is 6.52. The maximum absolute atomic E-state index is 14.6. The molecule has 8 nitrogen and oxygen atoms in total. The monoisotopic (exact) mass is 539 g/mol. The summed E-state index contributed by atoms with van der Waals surface area (Å²) in [6.45, 7) is 0.867. The number of anilines is 2. The van der Waals surface area contributed by atoms with Crippen LogP contribution >= 0.6 is 0 Å². The summed E-state index contributed by atoms with van der Waals surface area (Å²) in [6.07, 6.45) is 3.16. The molecule has 0 radical (unpaired) electrons. The number of rotatable bonds is 5. The molecule has 39 heavy (non-hydrogen) atoms. The lowest BCUT2D eigenvalue weighted by atomic mass is 9.86. The molecule has 4 unspecified atom stereocenters. The van der Waals surface area contributed by atoms with Crippen LogP contribution in [0.3, 0.4) is 0 Å². The van der Waals surface area contributed by atoms with Crippen molar-refractivity contribution in [3.63, 3.8) is 0 Å². The first-order chi connectivity index (χ1) is 18.7. The molecule has 0 spiro atoms. The highest BCUT2D eigenvalue weighted by Crippen LogP contribution is 2.45. The van der Waals surface area contributed by atoms with Gasteiger partial charge < -0.3 is 26.2 Å². The highest BCUT2D eigenvalue weighted by atomic mass is 19.1. The minimum atomic E-state index is -1.00. The van der Waals surface area contributed by atoms with Gasteiger partial charge in [-0.1, -0.05) is 6.07 Å². The predicted octanol–water partition coefficient (Wildman–Crippen LogP) is 3.33. The van der Waals surface area contributed by atoms with Crippen molar-refractivity contribution in [3.8, 4) is 11.3 Å². The van der Waals surface area contributed by atoms with Crippen LogP contribution in [0.5, 0.6) is 0 Å². The number of aliphatic hydroxyl groups is 2. The van der Waals surface area contributed by atoms with Crippen LogP contribution < -0.4 is 16.0 Å². The van der Waals surface area contributed by atoms with E-state index >= 15 is 0 Å². The molecule has 2 aromatic heterocycles. The van der Waals surface area contributed by atoms with E-state index in [0.717, 1.165) is 48.7 Å². The maximum atomic E-state index is 14.6. The number of hydrogen-bond donors (Lipinski definition) is 4. The van der Waals surface area contributed by atoms with Crippen molar-refractivity contribution in [2.75, 3.05) is 23.3 Å². The van der Waals surface area contributed by atoms with Crippen LogP contribution in [0.1, 0.15) is 47.1 Å². The van der Waals surface area contributed by atoms with E-state index < -0.39 is 52.9 Å². The summed E-state index contributed by atoms with van der Waals surface area (Å²) >= 11 is 0. The smallest absolute Gasteiger partial charge is 0.274 e. The molecule has 3 aromatic rings. The number of fused-ring (bicyclic) bond motifs is 1. The number of carbonyl (C=O) groups is 1. The van der Waals surface area contributed by atoms with Crippen molar-refractivity contribution in [2.24, 2.45) is 17.6 Å². The van der Waals surface area contributed by atoms with Gasteiger partial charge in [-0.25, -0.2) is 18.2 Å². The van der Waals surface area contributed by atoms with E-state index in [1.165, 1.54) is 6.20 Å². The normalized spacial score (nSPS) is 24.5. The van der Waals surface area contributed by atoms with Crippen molar-refractivity contribution in [1.29, 1.82) is 0 Å². The Balaban J connectivity index is 1.36. The summed E-state index contributed by atoms with van der Waals surface area (Å²) in [5.74, 6) is -3.35. The molecule has 3 heterocycles. The number of benzene rings is 1. The van der Waals surface area contributed by atoms with Gasteiger partial charge in [-0.15, -0.1) is 0 Å². The average molecular weight is 540 g/mol. The van der Waals surface area contributed by atoms with Gasteiger partial charge in [-0.3, -0.25) is 9.78 Å². The summed E-state index contributed by atoms with van der Waals surface area (Å²) in [5, 5.41) is 24.0. The van der Waals surface area contributed by atoms with Crippen LogP contribution in [-0.4, -0.2) is 51.3 Å². The zero-order valence-electron chi connectivity index (χ0n) is 20.9. The van der Waals surface area contributed by atoms with Crippen molar-refractivity contribution < 1.29 is 28.2 Å². The highest BCUT2D eigenvalue weighted by Gasteiger charge is 2.44. The molecular formula is C28H28F3N5O3. The molecule has 2 fully saturated rings. The molecule has 1 aliphatic heterocycles. The van der Waals surface area contributed by atoms with Gasteiger partial charge in [-0.05, 0) is 55.9 Å². The lowest BCUT2D eigenvalue weighted by molar-refractivity contribution is 0.0593. The van der Waals surface area contributed by atoms with Crippen LogP contribution in [-0.2, 0) is 6.42 Å². The molecule has 11 heteroatoms. The standard InChI is InChI=1S/C28H28F3N5O3/c29-16-2-1-3-17(30)23(16)25-18(31)7-8-20(34-25)28(39)35-21-10-33-24-14(6-9-22(24)37)26(21)36-11-15(13-4-5-13)27(38)19(32)12-36/h1-3,7-8,10,13,15,19,22,27,37-38H,4-6,9,11-12,32H2,(H,35,39). The number of nitrogens with zero attached hydrogens (tertiary/aromatic N) is 3. The number of aromatic nitrogens is 2. The molecule has 1 aromatic carbocycles. The fourth-order valence-corrected chi connectivity index (χ4v) is 5.87. The van der Waals surface area contributed by atoms with Gasteiger partial charge in [0, 0.05) is 30.6 Å². The van der Waals surface area contributed by atoms with Gasteiger partial charge in [0.2, 0.25) is 0 Å². The van der Waals surface area contributed by atoms with Crippen LogP contribution in [0, 0.1) is 29.3 Å². The summed E-state index contributed by atoms with van der Waals surface area (Å²) in [6, 6.07) is 4.69. The molecule has 4 atom stereocenters.